The third kappa shape index (κ3) is 4.38. The van der Waals surface area contributed by atoms with Gasteiger partial charge in [0.25, 0.3) is 0 Å². The lowest BCUT2D eigenvalue weighted by Crippen LogP contribution is -2.08. The minimum Gasteiger partial charge on any atom is -0.427 e. The molecule has 3 aromatic rings. The first kappa shape index (κ1) is 20.8. The van der Waals surface area contributed by atoms with Gasteiger partial charge in [-0.2, -0.15) is 0 Å². The summed E-state index contributed by atoms with van der Waals surface area (Å²) >= 11 is 0. The van der Waals surface area contributed by atoms with E-state index < -0.39 is 23.9 Å². The van der Waals surface area contributed by atoms with Crippen molar-refractivity contribution in [2.45, 2.75) is 27.7 Å². The molecule has 0 saturated heterocycles. The number of rotatable bonds is 4. The average molecular weight is 410 g/mol. The first-order valence-corrected chi connectivity index (χ1v) is 8.93. The van der Waals surface area contributed by atoms with Gasteiger partial charge in [0.2, 0.25) is 0 Å². The summed E-state index contributed by atoms with van der Waals surface area (Å²) in [5.41, 5.74) is 0. The van der Waals surface area contributed by atoms with Crippen LogP contribution < -0.4 is 18.9 Å². The molecule has 0 aliphatic heterocycles. The first-order valence-electron chi connectivity index (χ1n) is 8.93. The minimum absolute atomic E-state index is 0.00874. The monoisotopic (exact) mass is 410 g/mol. The third-order valence-corrected chi connectivity index (χ3v) is 3.97. The molecular formula is C22H18O8. The van der Waals surface area contributed by atoms with Crippen molar-refractivity contribution in [1.29, 1.82) is 0 Å². The maximum atomic E-state index is 11.8. The fourth-order valence-corrected chi connectivity index (χ4v) is 3.11. The topological polar surface area (TPSA) is 105 Å². The molecule has 3 rings (SSSR count). The zero-order chi connectivity index (χ0) is 22.0. The second kappa shape index (κ2) is 8.20. The molecule has 8 heteroatoms. The molecule has 0 spiro atoms. The van der Waals surface area contributed by atoms with Gasteiger partial charge in [0.05, 0.1) is 0 Å². The zero-order valence-corrected chi connectivity index (χ0v) is 16.7. The van der Waals surface area contributed by atoms with Gasteiger partial charge in [0, 0.05) is 44.5 Å². The summed E-state index contributed by atoms with van der Waals surface area (Å²) in [4.78, 5) is 46.4. The molecule has 3 aromatic carbocycles. The fraction of sp³-hybridized carbons (Fsp3) is 0.182. The van der Waals surface area contributed by atoms with E-state index >= 15 is 0 Å². The van der Waals surface area contributed by atoms with Crippen molar-refractivity contribution in [3.05, 3.63) is 36.4 Å². The molecule has 0 heterocycles. The Balaban J connectivity index is 2.45. The van der Waals surface area contributed by atoms with Crippen molar-refractivity contribution in [3.63, 3.8) is 0 Å². The van der Waals surface area contributed by atoms with Gasteiger partial charge < -0.3 is 18.9 Å². The van der Waals surface area contributed by atoms with Crippen LogP contribution in [0.2, 0.25) is 0 Å². The molecule has 0 aromatic heterocycles. The quantitative estimate of drug-likeness (QED) is 0.364. The molecule has 8 nitrogen and oxygen atoms in total. The Hall–Kier alpha value is -3.94. The summed E-state index contributed by atoms with van der Waals surface area (Å²) in [6.07, 6.45) is 0. The van der Waals surface area contributed by atoms with Crippen LogP contribution in [0.3, 0.4) is 0 Å². The lowest BCUT2D eigenvalue weighted by molar-refractivity contribution is -0.134. The van der Waals surface area contributed by atoms with E-state index in [9.17, 15) is 19.2 Å². The summed E-state index contributed by atoms with van der Waals surface area (Å²) in [7, 11) is 0. The number of carbonyl (C=O) groups excluding carboxylic acids is 4. The van der Waals surface area contributed by atoms with Crippen molar-refractivity contribution >= 4 is 45.4 Å². The van der Waals surface area contributed by atoms with Gasteiger partial charge in [-0.1, -0.05) is 18.2 Å². The smallest absolute Gasteiger partial charge is 0.308 e. The fourth-order valence-electron chi connectivity index (χ4n) is 3.11. The standard InChI is InChI=1S/C22H18O8/c1-11(23)27-17-9-16-6-5-15-7-8-18(28-12(2)24)22(30-14(4)26)21(15)20(16)19(10-17)29-13(3)25/h5-10H,1-4H3. The average Bonchev–Trinajstić information content (AvgIpc) is 2.61. The molecule has 0 amide bonds. The van der Waals surface area contributed by atoms with Gasteiger partial charge in [-0.25, -0.2) is 0 Å². The number of esters is 4. The van der Waals surface area contributed by atoms with Gasteiger partial charge in [0.15, 0.2) is 11.5 Å². The molecule has 0 atom stereocenters. The van der Waals surface area contributed by atoms with Gasteiger partial charge in [-0.15, -0.1) is 0 Å². The first-order chi connectivity index (χ1) is 14.2. The third-order valence-electron chi connectivity index (χ3n) is 3.97. The highest BCUT2D eigenvalue weighted by atomic mass is 16.6. The van der Waals surface area contributed by atoms with Crippen LogP contribution in [-0.2, 0) is 19.2 Å². The van der Waals surface area contributed by atoms with Gasteiger partial charge >= 0.3 is 23.9 Å². The number of benzene rings is 3. The molecular weight excluding hydrogens is 392 g/mol. The Morgan fingerprint density at radius 2 is 1.10 bits per heavy atom. The Morgan fingerprint density at radius 3 is 1.70 bits per heavy atom. The molecule has 154 valence electrons. The van der Waals surface area contributed by atoms with E-state index in [0.29, 0.717) is 21.5 Å². The summed E-state index contributed by atoms with van der Waals surface area (Å²) in [6.45, 7) is 4.92. The van der Waals surface area contributed by atoms with E-state index in [1.807, 2.05) is 0 Å². The summed E-state index contributed by atoms with van der Waals surface area (Å²) in [6, 6.07) is 9.64. The molecule has 0 radical (unpaired) electrons. The molecule has 0 aliphatic carbocycles. The summed E-state index contributed by atoms with van der Waals surface area (Å²) < 4.78 is 21.1. The predicted octanol–water partition coefficient (Wildman–Crippen LogP) is 3.69. The molecule has 0 unspecified atom stereocenters. The highest BCUT2D eigenvalue weighted by Gasteiger charge is 2.20. The van der Waals surface area contributed by atoms with Gasteiger partial charge in [-0.05, 0) is 22.9 Å². The normalized spacial score (nSPS) is 10.5. The van der Waals surface area contributed by atoms with Crippen LogP contribution in [0.1, 0.15) is 27.7 Å². The maximum Gasteiger partial charge on any atom is 0.308 e. The number of carbonyl (C=O) groups is 4. The largest absolute Gasteiger partial charge is 0.427 e. The van der Waals surface area contributed by atoms with Crippen molar-refractivity contribution in [2.24, 2.45) is 0 Å². The highest BCUT2D eigenvalue weighted by molar-refractivity contribution is 6.15. The second-order valence-electron chi connectivity index (χ2n) is 6.45. The van der Waals surface area contributed by atoms with E-state index in [1.165, 1.54) is 39.8 Å². The van der Waals surface area contributed by atoms with E-state index in [4.69, 9.17) is 18.9 Å². The Kier molecular flexibility index (Phi) is 5.68. The zero-order valence-electron chi connectivity index (χ0n) is 16.7. The number of hydrogen-bond acceptors (Lipinski definition) is 8. The predicted molar refractivity (Wildman–Crippen MR) is 107 cm³/mol. The molecule has 0 N–H and O–H groups in total. The van der Waals surface area contributed by atoms with E-state index in [0.717, 1.165) is 0 Å². The Bertz CT molecular complexity index is 1210. The lowest BCUT2D eigenvalue weighted by Gasteiger charge is -2.16. The number of hydrogen-bond donors (Lipinski definition) is 0. The van der Waals surface area contributed by atoms with Crippen LogP contribution in [-0.4, -0.2) is 23.9 Å². The summed E-state index contributed by atoms with van der Waals surface area (Å²) in [5, 5.41) is 2.00. The Morgan fingerprint density at radius 1 is 0.567 bits per heavy atom. The van der Waals surface area contributed by atoms with Crippen molar-refractivity contribution in [3.8, 4) is 23.0 Å². The highest BCUT2D eigenvalue weighted by Crippen LogP contribution is 2.44. The lowest BCUT2D eigenvalue weighted by atomic mass is 9.99. The summed E-state index contributed by atoms with van der Waals surface area (Å²) in [5.74, 6) is -2.05. The molecule has 0 fully saturated rings. The van der Waals surface area contributed by atoms with Gasteiger partial charge in [0.1, 0.15) is 11.5 Å². The second-order valence-corrected chi connectivity index (χ2v) is 6.45. The molecule has 0 saturated carbocycles. The van der Waals surface area contributed by atoms with Crippen LogP contribution in [0.5, 0.6) is 23.0 Å². The van der Waals surface area contributed by atoms with E-state index in [1.54, 1.807) is 24.3 Å². The van der Waals surface area contributed by atoms with Crippen LogP contribution in [0.25, 0.3) is 21.5 Å². The van der Waals surface area contributed by atoms with Crippen molar-refractivity contribution in [1.82, 2.24) is 0 Å². The van der Waals surface area contributed by atoms with E-state index in [2.05, 4.69) is 0 Å². The van der Waals surface area contributed by atoms with Crippen LogP contribution in [0.15, 0.2) is 36.4 Å². The number of ether oxygens (including phenoxy) is 4. The SMILES string of the molecule is CC(=O)Oc1cc(OC(C)=O)c2c(ccc3ccc(OC(C)=O)c(OC(C)=O)c32)c1. The Labute approximate surface area is 171 Å². The van der Waals surface area contributed by atoms with Crippen LogP contribution in [0.4, 0.5) is 0 Å². The minimum atomic E-state index is -0.626. The molecule has 0 bridgehead atoms. The maximum absolute atomic E-state index is 11.8. The van der Waals surface area contributed by atoms with Gasteiger partial charge in [-0.3, -0.25) is 19.2 Å². The molecule has 0 aliphatic rings. The van der Waals surface area contributed by atoms with Crippen molar-refractivity contribution < 1.29 is 38.1 Å². The van der Waals surface area contributed by atoms with Crippen LogP contribution >= 0.6 is 0 Å². The molecule has 30 heavy (non-hydrogen) atoms. The van der Waals surface area contributed by atoms with Crippen LogP contribution in [0, 0.1) is 0 Å². The van der Waals surface area contributed by atoms with E-state index in [-0.39, 0.29) is 23.0 Å². The van der Waals surface area contributed by atoms with Crippen molar-refractivity contribution in [2.75, 3.05) is 0 Å². The number of fused-ring (bicyclic) bond motifs is 3.